The molecule has 0 atom stereocenters. The average molecular weight is 629 g/mol. The third-order valence-corrected chi connectivity index (χ3v) is 3.90. The molecule has 157 valence electrons. The maximum Gasteiger partial charge on any atom is -0.171 e. The van der Waals surface area contributed by atoms with Crippen LogP contribution in [0, 0.1) is 0 Å². The molecule has 1 amide bonds. The zero-order valence-electron chi connectivity index (χ0n) is 15.6. The first-order chi connectivity index (χ1) is 13.7. The van der Waals surface area contributed by atoms with Crippen LogP contribution in [0.4, 0.5) is 0 Å². The summed E-state index contributed by atoms with van der Waals surface area (Å²) in [6.45, 7) is 2.05. The summed E-state index contributed by atoms with van der Waals surface area (Å²) in [5.74, 6) is 0.107. The number of hydrogen-bond donors (Lipinski definition) is 2. The number of para-hydroxylation sites is 1. The number of hydrogen-bond acceptors (Lipinski definition) is 2. The van der Waals surface area contributed by atoms with E-state index >= 15 is 0 Å². The fourth-order valence-corrected chi connectivity index (χ4v) is 2.58. The zero-order valence-corrected chi connectivity index (χ0v) is 19.4. The number of H-pyrrole nitrogens is 1. The minimum absolute atomic E-state index is 0.107. The number of carbonyl (C=O) groups excluding carboxylic acids is 1. The van der Waals surface area contributed by atoms with E-state index < -0.39 is 0 Å². The van der Waals surface area contributed by atoms with Crippen LogP contribution in [-0.4, -0.2) is 40.1 Å². The van der Waals surface area contributed by atoms with Gasteiger partial charge in [-0.1, -0.05) is 18.2 Å². The van der Waals surface area contributed by atoms with E-state index in [1.807, 2.05) is 46.9 Å². The van der Waals surface area contributed by atoms with Crippen molar-refractivity contribution in [1.82, 2.24) is 19.9 Å². The van der Waals surface area contributed by atoms with Crippen molar-refractivity contribution < 1.29 is 22.6 Å². The number of rotatable bonds is 8. The molecule has 4 N–H and O–H groups in total. The number of halogens is 1. The van der Waals surface area contributed by atoms with Crippen molar-refractivity contribution in [1.29, 1.82) is 0 Å². The first kappa shape index (κ1) is 24.6. The summed E-state index contributed by atoms with van der Waals surface area (Å²) in [5.41, 5.74) is 14.8. The number of aromatic amines is 1. The average Bonchev–Trinajstić information content (AvgIpc) is 3.41. The Hall–Kier alpha value is -1.47. The fourth-order valence-electron chi connectivity index (χ4n) is 2.58. The molecule has 0 bridgehead atoms. The number of amides is 1. The molecular weight excluding hydrogens is 603 g/mol. The Bertz CT molecular complexity index is 776. The molecule has 7 nitrogen and oxygen atoms in total. The Morgan fingerprint density at radius 3 is 2.68 bits per heavy atom. The molecule has 0 radical (unpaired) electrons. The maximum atomic E-state index is 11.9. The van der Waals surface area contributed by atoms with Crippen LogP contribution in [0.2, 0.25) is 0 Å². The summed E-state index contributed by atoms with van der Waals surface area (Å²) < 4.78 is 2.01. The molecule has 0 fully saturated rings. The van der Waals surface area contributed by atoms with Crippen LogP contribution in [0.5, 0.6) is 0 Å². The van der Waals surface area contributed by atoms with Crippen LogP contribution in [-0.2, 0) is 35.5 Å². The van der Waals surface area contributed by atoms with Crippen LogP contribution < -0.4 is 5.32 Å². The van der Waals surface area contributed by atoms with Gasteiger partial charge in [-0.15, -0.1) is 0 Å². The molecule has 0 spiro atoms. The minimum Gasteiger partial charge on any atom is -0.679 e. The SMILES string of the molecule is O=C(CCc1c[nH]c2ccccc12)NCCCn1ccnc1.[Br][Pt].[NH-]CC[NH-]. The summed E-state index contributed by atoms with van der Waals surface area (Å²) in [7, 11) is 0. The Morgan fingerprint density at radius 2 is 2.00 bits per heavy atom. The quantitative estimate of drug-likeness (QED) is 0.360. The van der Waals surface area contributed by atoms with Crippen molar-refractivity contribution in [3.05, 3.63) is 66.2 Å². The van der Waals surface area contributed by atoms with Gasteiger partial charge in [-0.05, 0) is 24.5 Å². The molecule has 2 heterocycles. The normalized spacial score (nSPS) is 9.89. The number of nitrogens with one attached hydrogen (secondary N) is 4. The molecule has 9 heteroatoms. The maximum absolute atomic E-state index is 11.9. The van der Waals surface area contributed by atoms with E-state index in [0.717, 1.165) is 24.9 Å². The molecule has 0 aliphatic rings. The topological polar surface area (TPSA) is 110 Å². The van der Waals surface area contributed by atoms with Crippen molar-refractivity contribution >= 4 is 30.1 Å². The number of imidazole rings is 1. The Kier molecular flexibility index (Phi) is 13.6. The van der Waals surface area contributed by atoms with Gasteiger partial charge in [0.15, 0.2) is 0 Å². The Labute approximate surface area is 183 Å². The van der Waals surface area contributed by atoms with Gasteiger partial charge in [0, 0.05) is 49.0 Å². The van der Waals surface area contributed by atoms with Gasteiger partial charge in [-0.25, -0.2) is 4.98 Å². The predicted octanol–water partition coefficient (Wildman–Crippen LogP) is 4.44. The van der Waals surface area contributed by atoms with Crippen LogP contribution in [0.1, 0.15) is 18.4 Å². The van der Waals surface area contributed by atoms with Crippen molar-refractivity contribution in [2.45, 2.75) is 25.8 Å². The third kappa shape index (κ3) is 9.15. The van der Waals surface area contributed by atoms with E-state index in [2.05, 4.69) is 40.7 Å². The van der Waals surface area contributed by atoms with E-state index in [1.165, 1.54) is 10.9 Å². The minimum atomic E-state index is 0.107. The Balaban J connectivity index is 0.000000583. The van der Waals surface area contributed by atoms with E-state index in [4.69, 9.17) is 11.5 Å². The molecule has 0 aliphatic heterocycles. The number of carbonyl (C=O) groups is 1. The molecule has 3 aromatic rings. The fraction of sp³-hybridized carbons (Fsp3) is 0.368. The molecule has 0 aliphatic carbocycles. The summed E-state index contributed by atoms with van der Waals surface area (Å²) in [4.78, 5) is 19.1. The summed E-state index contributed by atoms with van der Waals surface area (Å²) in [5, 5.41) is 4.18. The molecule has 0 saturated carbocycles. The van der Waals surface area contributed by atoms with Gasteiger partial charge >= 0.3 is 31.1 Å². The molecule has 3 rings (SSSR count). The van der Waals surface area contributed by atoms with Crippen molar-refractivity contribution in [2.24, 2.45) is 0 Å². The number of nitrogens with zero attached hydrogens (tertiary/aromatic N) is 2. The van der Waals surface area contributed by atoms with Crippen molar-refractivity contribution in [3.63, 3.8) is 0 Å². The smallest absolute Gasteiger partial charge is 0.171 e. The number of benzene rings is 1. The first-order valence-electron chi connectivity index (χ1n) is 8.93. The van der Waals surface area contributed by atoms with Crippen LogP contribution in [0.15, 0.2) is 49.2 Å². The van der Waals surface area contributed by atoms with Crippen LogP contribution in [0.3, 0.4) is 0 Å². The van der Waals surface area contributed by atoms with Gasteiger partial charge in [0.05, 0.1) is 6.33 Å². The molecule has 2 aromatic heterocycles. The summed E-state index contributed by atoms with van der Waals surface area (Å²) in [6.07, 6.45) is 9.67. The zero-order chi connectivity index (χ0) is 20.6. The van der Waals surface area contributed by atoms with Gasteiger partial charge < -0.3 is 26.3 Å². The molecule has 0 unspecified atom stereocenters. The van der Waals surface area contributed by atoms with Crippen LogP contribution in [0.25, 0.3) is 22.4 Å². The van der Waals surface area contributed by atoms with E-state index in [-0.39, 0.29) is 19.0 Å². The van der Waals surface area contributed by atoms with Gasteiger partial charge in [0.2, 0.25) is 5.91 Å². The number of aryl methyl sites for hydroxylation is 2. The van der Waals surface area contributed by atoms with E-state index in [1.54, 1.807) is 12.5 Å². The predicted molar refractivity (Wildman–Crippen MR) is 114 cm³/mol. The van der Waals surface area contributed by atoms with E-state index in [0.29, 0.717) is 13.0 Å². The molecule has 0 saturated heterocycles. The Morgan fingerprint density at radius 1 is 1.25 bits per heavy atom. The first-order valence-corrected chi connectivity index (χ1v) is 13.9. The monoisotopic (exact) mass is 628 g/mol. The molecule has 1 aromatic carbocycles. The number of fused-ring (bicyclic) bond motifs is 1. The van der Waals surface area contributed by atoms with Gasteiger partial charge in [0.1, 0.15) is 0 Å². The van der Waals surface area contributed by atoms with Gasteiger partial charge in [-0.2, -0.15) is 13.1 Å². The third-order valence-electron chi connectivity index (χ3n) is 3.90. The van der Waals surface area contributed by atoms with Crippen LogP contribution >= 0.6 is 13.3 Å². The van der Waals surface area contributed by atoms with Crippen molar-refractivity contribution in [2.75, 3.05) is 19.6 Å². The van der Waals surface area contributed by atoms with Crippen molar-refractivity contribution in [3.8, 4) is 0 Å². The summed E-state index contributed by atoms with van der Waals surface area (Å²) in [6, 6.07) is 8.17. The largest absolute Gasteiger partial charge is 0.679 e. The van der Waals surface area contributed by atoms with E-state index in [9.17, 15) is 4.79 Å². The second-order valence-corrected chi connectivity index (χ2v) is 5.86. The second-order valence-electron chi connectivity index (χ2n) is 5.86. The molecular formula is C19H26BrN6OPt-2. The number of aromatic nitrogens is 3. The molecule has 28 heavy (non-hydrogen) atoms. The van der Waals surface area contributed by atoms with Gasteiger partial charge in [-0.3, -0.25) is 4.79 Å². The van der Waals surface area contributed by atoms with Gasteiger partial charge in [0.25, 0.3) is 0 Å². The standard InChI is InChI=1S/C17H20N4O.C2H6N2.BrH.Pt/c22-17(19-8-3-10-21-11-9-18-13-21)7-6-14-12-20-16-5-2-1-4-15(14)16;3-1-2-4;;/h1-2,4-5,9,11-13,20H,3,6-8,10H2,(H,19,22);3-4H,1-2H2;1H;/q;-2;;+1/p-1. The summed E-state index contributed by atoms with van der Waals surface area (Å²) >= 11 is 4.86. The second kappa shape index (κ2) is 15.5.